The summed E-state index contributed by atoms with van der Waals surface area (Å²) in [4.78, 5) is 0. The lowest BCUT2D eigenvalue weighted by Gasteiger charge is -2.15. The van der Waals surface area contributed by atoms with E-state index in [-0.39, 0.29) is 17.9 Å². The number of likely N-dealkylation sites (N-methyl/N-ethyl adjacent to an activating group) is 1. The van der Waals surface area contributed by atoms with Crippen LogP contribution in [0.1, 0.15) is 11.7 Å². The zero-order chi connectivity index (χ0) is 10.1. The van der Waals surface area contributed by atoms with Gasteiger partial charge in [-0.2, -0.15) is 0 Å². The Hall–Kier alpha value is -1.34. The summed E-state index contributed by atoms with van der Waals surface area (Å²) in [6.45, 7) is 1.26. The number of hydrogen-bond donors (Lipinski definition) is 3. The SMILES string of the molecule is CNC1COCC1c1nnc(N)n1N. The monoisotopic (exact) mass is 198 g/mol. The molecular weight excluding hydrogens is 184 g/mol. The first-order valence-corrected chi connectivity index (χ1v) is 4.45. The van der Waals surface area contributed by atoms with Gasteiger partial charge in [-0.3, -0.25) is 0 Å². The fraction of sp³-hybridized carbons (Fsp3) is 0.714. The fourth-order valence-electron chi connectivity index (χ4n) is 1.66. The van der Waals surface area contributed by atoms with Crippen molar-refractivity contribution in [2.75, 3.05) is 31.8 Å². The summed E-state index contributed by atoms with van der Waals surface area (Å²) in [6.07, 6.45) is 0. The van der Waals surface area contributed by atoms with Crippen molar-refractivity contribution >= 4 is 5.95 Å². The molecule has 7 nitrogen and oxygen atoms in total. The van der Waals surface area contributed by atoms with Crippen LogP contribution >= 0.6 is 0 Å². The molecule has 2 heterocycles. The van der Waals surface area contributed by atoms with Gasteiger partial charge >= 0.3 is 0 Å². The molecule has 14 heavy (non-hydrogen) atoms. The molecule has 2 unspecified atom stereocenters. The molecule has 0 bridgehead atoms. The van der Waals surface area contributed by atoms with Crippen molar-refractivity contribution in [2.24, 2.45) is 0 Å². The normalized spacial score (nSPS) is 26.9. The Kier molecular flexibility index (Phi) is 2.26. The number of ether oxygens (including phenoxy) is 1. The molecule has 1 saturated heterocycles. The van der Waals surface area contributed by atoms with Crippen molar-refractivity contribution < 1.29 is 4.74 Å². The maximum absolute atomic E-state index is 5.68. The number of aromatic nitrogens is 3. The first kappa shape index (κ1) is 9.22. The minimum Gasteiger partial charge on any atom is -0.379 e. The van der Waals surface area contributed by atoms with Crippen molar-refractivity contribution in [2.45, 2.75) is 12.0 Å². The second-order valence-corrected chi connectivity index (χ2v) is 3.33. The van der Waals surface area contributed by atoms with Gasteiger partial charge in [0.1, 0.15) is 0 Å². The Labute approximate surface area is 81.4 Å². The van der Waals surface area contributed by atoms with E-state index in [0.717, 1.165) is 0 Å². The van der Waals surface area contributed by atoms with Gasteiger partial charge < -0.3 is 21.6 Å². The summed E-state index contributed by atoms with van der Waals surface area (Å²) in [5.41, 5.74) is 5.50. The largest absolute Gasteiger partial charge is 0.379 e. The fourth-order valence-corrected chi connectivity index (χ4v) is 1.66. The molecule has 0 saturated carbocycles. The Morgan fingerprint density at radius 3 is 2.86 bits per heavy atom. The van der Waals surface area contributed by atoms with Gasteiger partial charge in [-0.05, 0) is 7.05 Å². The summed E-state index contributed by atoms with van der Waals surface area (Å²) in [5.74, 6) is 6.69. The first-order valence-electron chi connectivity index (χ1n) is 4.45. The van der Waals surface area contributed by atoms with Gasteiger partial charge in [-0.15, -0.1) is 10.2 Å². The van der Waals surface area contributed by atoms with Crippen LogP contribution in [0.3, 0.4) is 0 Å². The smallest absolute Gasteiger partial charge is 0.240 e. The van der Waals surface area contributed by atoms with Gasteiger partial charge in [0, 0.05) is 6.04 Å². The minimum absolute atomic E-state index is 0.120. The van der Waals surface area contributed by atoms with Crippen LogP contribution in [0, 0.1) is 0 Å². The third-order valence-corrected chi connectivity index (χ3v) is 2.53. The van der Waals surface area contributed by atoms with Crippen molar-refractivity contribution in [3.8, 4) is 0 Å². The molecule has 5 N–H and O–H groups in total. The van der Waals surface area contributed by atoms with Gasteiger partial charge in [0.2, 0.25) is 5.95 Å². The van der Waals surface area contributed by atoms with Crippen LogP contribution in [0.5, 0.6) is 0 Å². The molecular formula is C7H14N6O. The van der Waals surface area contributed by atoms with Crippen molar-refractivity contribution in [1.82, 2.24) is 20.2 Å². The van der Waals surface area contributed by atoms with Crippen LogP contribution in [0.2, 0.25) is 0 Å². The van der Waals surface area contributed by atoms with E-state index >= 15 is 0 Å². The van der Waals surface area contributed by atoms with E-state index in [1.54, 1.807) is 0 Å². The van der Waals surface area contributed by atoms with E-state index in [2.05, 4.69) is 15.5 Å². The van der Waals surface area contributed by atoms with Crippen LogP contribution < -0.4 is 16.9 Å². The average molecular weight is 198 g/mol. The highest BCUT2D eigenvalue weighted by Gasteiger charge is 2.32. The lowest BCUT2D eigenvalue weighted by molar-refractivity contribution is 0.188. The summed E-state index contributed by atoms with van der Waals surface area (Å²) < 4.78 is 6.65. The molecule has 1 aromatic heterocycles. The maximum Gasteiger partial charge on any atom is 0.240 e. The van der Waals surface area contributed by atoms with Crippen molar-refractivity contribution in [3.63, 3.8) is 0 Å². The molecule has 7 heteroatoms. The predicted molar refractivity (Wildman–Crippen MR) is 51.0 cm³/mol. The summed E-state index contributed by atoms with van der Waals surface area (Å²) in [6, 6.07) is 0.223. The average Bonchev–Trinajstić information content (AvgIpc) is 2.75. The molecule has 2 atom stereocenters. The predicted octanol–water partition coefficient (Wildman–Crippen LogP) is -1.72. The minimum atomic E-state index is 0.120. The van der Waals surface area contributed by atoms with E-state index in [9.17, 15) is 0 Å². The van der Waals surface area contributed by atoms with Gasteiger partial charge in [0.15, 0.2) is 5.82 Å². The Morgan fingerprint density at radius 2 is 2.29 bits per heavy atom. The highest BCUT2D eigenvalue weighted by molar-refractivity contribution is 5.20. The van der Waals surface area contributed by atoms with E-state index < -0.39 is 0 Å². The molecule has 1 fully saturated rings. The standard InChI is InChI=1S/C7H14N6O/c1-10-5-3-14-2-4(5)6-11-12-7(8)13(6)9/h4-5,10H,2-3,9H2,1H3,(H2,8,12). The first-order chi connectivity index (χ1) is 6.74. The molecule has 2 rings (SSSR count). The number of nitrogens with zero attached hydrogens (tertiary/aromatic N) is 3. The highest BCUT2D eigenvalue weighted by Crippen LogP contribution is 2.23. The zero-order valence-corrected chi connectivity index (χ0v) is 7.97. The number of anilines is 1. The molecule has 1 aliphatic heterocycles. The van der Waals surface area contributed by atoms with Gasteiger partial charge in [-0.25, -0.2) is 4.68 Å². The van der Waals surface area contributed by atoms with Crippen LogP contribution in [0.15, 0.2) is 0 Å². The van der Waals surface area contributed by atoms with Crippen molar-refractivity contribution in [1.29, 1.82) is 0 Å². The number of nitrogen functional groups attached to an aromatic ring is 2. The zero-order valence-electron chi connectivity index (χ0n) is 7.97. The third kappa shape index (κ3) is 1.30. The Morgan fingerprint density at radius 1 is 1.50 bits per heavy atom. The maximum atomic E-state index is 5.68. The van der Waals surface area contributed by atoms with Gasteiger partial charge in [0.05, 0.1) is 19.1 Å². The molecule has 0 aliphatic carbocycles. The molecule has 0 radical (unpaired) electrons. The lowest BCUT2D eigenvalue weighted by atomic mass is 10.0. The van der Waals surface area contributed by atoms with Crippen LogP contribution in [-0.4, -0.2) is 41.2 Å². The van der Waals surface area contributed by atoms with Crippen LogP contribution in [-0.2, 0) is 4.74 Å². The molecule has 78 valence electrons. The van der Waals surface area contributed by atoms with Crippen LogP contribution in [0.25, 0.3) is 0 Å². The quantitative estimate of drug-likeness (QED) is 0.488. The van der Waals surface area contributed by atoms with E-state index in [1.165, 1.54) is 4.68 Å². The van der Waals surface area contributed by atoms with Gasteiger partial charge in [0.25, 0.3) is 0 Å². The number of nitrogens with one attached hydrogen (secondary N) is 1. The molecule has 0 amide bonds. The molecule has 0 aromatic carbocycles. The number of rotatable bonds is 2. The Balaban J connectivity index is 2.26. The highest BCUT2D eigenvalue weighted by atomic mass is 16.5. The van der Waals surface area contributed by atoms with E-state index in [1.807, 2.05) is 7.05 Å². The summed E-state index contributed by atoms with van der Waals surface area (Å²) in [7, 11) is 1.88. The van der Waals surface area contributed by atoms with E-state index in [4.69, 9.17) is 16.3 Å². The summed E-state index contributed by atoms with van der Waals surface area (Å²) >= 11 is 0. The second-order valence-electron chi connectivity index (χ2n) is 3.33. The molecule has 0 spiro atoms. The topological polar surface area (TPSA) is 104 Å². The second kappa shape index (κ2) is 3.43. The lowest BCUT2D eigenvalue weighted by Crippen LogP contribution is -2.33. The number of nitrogens with two attached hydrogens (primary N) is 2. The van der Waals surface area contributed by atoms with Crippen LogP contribution in [0.4, 0.5) is 5.95 Å². The molecule has 1 aliphatic rings. The molecule has 1 aromatic rings. The third-order valence-electron chi connectivity index (χ3n) is 2.53. The Bertz CT molecular complexity index is 324. The van der Waals surface area contributed by atoms with Crippen molar-refractivity contribution in [3.05, 3.63) is 5.82 Å². The number of hydrogen-bond acceptors (Lipinski definition) is 6. The summed E-state index contributed by atoms with van der Waals surface area (Å²) in [5, 5.41) is 10.8. The van der Waals surface area contributed by atoms with E-state index in [0.29, 0.717) is 19.0 Å². The van der Waals surface area contributed by atoms with Gasteiger partial charge in [-0.1, -0.05) is 0 Å².